The van der Waals surface area contributed by atoms with Gasteiger partial charge in [-0.1, -0.05) is 0 Å². The van der Waals surface area contributed by atoms with Crippen molar-refractivity contribution in [3.8, 4) is 0 Å². The molecule has 17 heavy (non-hydrogen) atoms. The number of likely N-dealkylation sites (tertiary alicyclic amines) is 1. The summed E-state index contributed by atoms with van der Waals surface area (Å²) in [6.45, 7) is 6.37. The molecular formula is C11H22Cl2N2O2. The number of amides is 1. The molecule has 0 unspecified atom stereocenters. The number of hydrogen-bond donors (Lipinski definition) is 2. The Bertz CT molecular complexity index is 242. The summed E-state index contributed by atoms with van der Waals surface area (Å²) in [6.07, 6.45) is 1.40. The van der Waals surface area contributed by atoms with E-state index in [9.17, 15) is 9.90 Å². The zero-order valence-corrected chi connectivity index (χ0v) is 12.0. The van der Waals surface area contributed by atoms with Crippen LogP contribution in [0.15, 0.2) is 0 Å². The average molecular weight is 285 g/mol. The fraction of sp³-hybridized carbons (Fsp3) is 0.909. The van der Waals surface area contributed by atoms with Gasteiger partial charge in [-0.25, -0.2) is 0 Å². The Labute approximate surface area is 114 Å². The molecule has 0 saturated carbocycles. The normalized spacial score (nSPS) is 19.8. The number of nitrogens with zero attached hydrogens (tertiary/aromatic N) is 1. The highest BCUT2D eigenvalue weighted by Crippen LogP contribution is 2.22. The molecule has 0 radical (unpaired) electrons. The Morgan fingerprint density at radius 2 is 2.00 bits per heavy atom. The Morgan fingerprint density at radius 1 is 1.47 bits per heavy atom. The number of hydrogen-bond acceptors (Lipinski definition) is 3. The zero-order chi connectivity index (χ0) is 12.2. The van der Waals surface area contributed by atoms with Crippen LogP contribution in [-0.4, -0.2) is 53.1 Å². The number of halogens is 2. The summed E-state index contributed by atoms with van der Waals surface area (Å²) in [7, 11) is 0. The first kappa shape index (κ1) is 17.0. The number of rotatable bonds is 4. The van der Waals surface area contributed by atoms with Gasteiger partial charge >= 0.3 is 0 Å². The van der Waals surface area contributed by atoms with Crippen LogP contribution in [0.1, 0.15) is 26.7 Å². The van der Waals surface area contributed by atoms with E-state index in [1.54, 1.807) is 0 Å². The van der Waals surface area contributed by atoms with E-state index in [4.69, 9.17) is 11.6 Å². The molecule has 0 aromatic rings. The van der Waals surface area contributed by atoms with Gasteiger partial charge in [0.2, 0.25) is 5.91 Å². The predicted octanol–water partition coefficient (Wildman–Crippen LogP) is 0.998. The molecule has 6 heteroatoms. The fourth-order valence-electron chi connectivity index (χ4n) is 1.94. The number of nitrogens with one attached hydrogen (secondary N) is 1. The van der Waals surface area contributed by atoms with E-state index < -0.39 is 5.60 Å². The molecule has 4 nitrogen and oxygen atoms in total. The third-order valence-electron chi connectivity index (χ3n) is 3.20. The van der Waals surface area contributed by atoms with E-state index in [1.165, 1.54) is 0 Å². The van der Waals surface area contributed by atoms with Gasteiger partial charge in [0.05, 0.1) is 5.60 Å². The van der Waals surface area contributed by atoms with Gasteiger partial charge in [-0.05, 0) is 26.7 Å². The van der Waals surface area contributed by atoms with Crippen LogP contribution in [-0.2, 0) is 4.79 Å². The highest BCUT2D eigenvalue weighted by atomic mass is 35.5. The van der Waals surface area contributed by atoms with Crippen molar-refractivity contribution in [2.45, 2.75) is 38.3 Å². The van der Waals surface area contributed by atoms with Crippen LogP contribution in [0.25, 0.3) is 0 Å². The van der Waals surface area contributed by atoms with E-state index in [2.05, 4.69) is 24.1 Å². The Balaban J connectivity index is 0.00000256. The summed E-state index contributed by atoms with van der Waals surface area (Å²) in [5, 5.41) is 12.9. The minimum absolute atomic E-state index is 0. The monoisotopic (exact) mass is 284 g/mol. The van der Waals surface area contributed by atoms with Crippen molar-refractivity contribution in [2.75, 3.05) is 25.5 Å². The zero-order valence-electron chi connectivity index (χ0n) is 10.4. The SMILES string of the molecule is CC(C)N1CCC(O)(CNC(=O)CCl)CC1.Cl. The second kappa shape index (κ2) is 7.41. The molecule has 0 aliphatic carbocycles. The highest BCUT2D eigenvalue weighted by Gasteiger charge is 2.33. The van der Waals surface area contributed by atoms with Crippen molar-refractivity contribution in [2.24, 2.45) is 0 Å². The van der Waals surface area contributed by atoms with Gasteiger partial charge in [0, 0.05) is 25.7 Å². The molecular weight excluding hydrogens is 263 g/mol. The summed E-state index contributed by atoms with van der Waals surface area (Å²) in [5.74, 6) is -0.268. The van der Waals surface area contributed by atoms with Crippen molar-refractivity contribution < 1.29 is 9.90 Å². The lowest BCUT2D eigenvalue weighted by atomic mass is 9.91. The molecule has 1 saturated heterocycles. The first-order chi connectivity index (χ1) is 7.47. The smallest absolute Gasteiger partial charge is 0.235 e. The van der Waals surface area contributed by atoms with Gasteiger partial charge in [0.25, 0.3) is 0 Å². The average Bonchev–Trinajstić information content (AvgIpc) is 2.26. The fourth-order valence-corrected chi connectivity index (χ4v) is 2.04. The molecule has 0 aromatic heterocycles. The maximum Gasteiger partial charge on any atom is 0.235 e. The number of alkyl halides is 1. The first-order valence-corrected chi connectivity index (χ1v) is 6.29. The van der Waals surface area contributed by atoms with Crippen molar-refractivity contribution in [3.05, 3.63) is 0 Å². The third-order valence-corrected chi connectivity index (χ3v) is 3.44. The van der Waals surface area contributed by atoms with Gasteiger partial charge < -0.3 is 15.3 Å². The maximum atomic E-state index is 11.0. The molecule has 0 spiro atoms. The number of piperidine rings is 1. The van der Waals surface area contributed by atoms with E-state index in [0.717, 1.165) is 13.1 Å². The standard InChI is InChI=1S/C11H21ClN2O2.ClH/c1-9(2)14-5-3-11(16,4-6-14)8-13-10(15)7-12;/h9,16H,3-8H2,1-2H3,(H,13,15);1H. The lowest BCUT2D eigenvalue weighted by Gasteiger charge is -2.40. The molecule has 1 aliphatic heterocycles. The largest absolute Gasteiger partial charge is 0.388 e. The second-order valence-corrected chi connectivity index (χ2v) is 5.03. The highest BCUT2D eigenvalue weighted by molar-refractivity contribution is 6.27. The lowest BCUT2D eigenvalue weighted by molar-refractivity contribution is -0.120. The van der Waals surface area contributed by atoms with E-state index >= 15 is 0 Å². The molecule has 1 amide bonds. The summed E-state index contributed by atoms with van der Waals surface area (Å²) >= 11 is 5.38. The number of carbonyl (C=O) groups is 1. The van der Waals surface area contributed by atoms with E-state index in [0.29, 0.717) is 25.4 Å². The van der Waals surface area contributed by atoms with Crippen LogP contribution in [0.3, 0.4) is 0 Å². The first-order valence-electron chi connectivity index (χ1n) is 5.76. The van der Waals surface area contributed by atoms with Crippen molar-refractivity contribution in [1.82, 2.24) is 10.2 Å². The molecule has 1 heterocycles. The summed E-state index contributed by atoms with van der Waals surface area (Å²) < 4.78 is 0. The quantitative estimate of drug-likeness (QED) is 0.758. The Kier molecular flexibility index (Phi) is 7.40. The van der Waals surface area contributed by atoms with Gasteiger partial charge in [0.1, 0.15) is 5.88 Å². The Hall–Kier alpha value is -0.0300. The van der Waals surface area contributed by atoms with Crippen molar-refractivity contribution in [3.63, 3.8) is 0 Å². The number of carbonyl (C=O) groups excluding carboxylic acids is 1. The summed E-state index contributed by atoms with van der Waals surface area (Å²) in [4.78, 5) is 13.3. The predicted molar refractivity (Wildman–Crippen MR) is 71.9 cm³/mol. The summed E-state index contributed by atoms with van der Waals surface area (Å²) in [5.41, 5.74) is -0.757. The topological polar surface area (TPSA) is 52.6 Å². The maximum absolute atomic E-state index is 11.0. The summed E-state index contributed by atoms with van der Waals surface area (Å²) in [6, 6.07) is 0.516. The second-order valence-electron chi connectivity index (χ2n) is 4.76. The molecule has 102 valence electrons. The lowest BCUT2D eigenvalue weighted by Crippen LogP contribution is -2.52. The van der Waals surface area contributed by atoms with Gasteiger partial charge in [-0.2, -0.15) is 0 Å². The van der Waals surface area contributed by atoms with Gasteiger partial charge in [0.15, 0.2) is 0 Å². The molecule has 1 aliphatic rings. The van der Waals surface area contributed by atoms with Gasteiger partial charge in [-0.3, -0.25) is 4.79 Å². The van der Waals surface area contributed by atoms with Crippen molar-refractivity contribution >= 4 is 29.9 Å². The molecule has 0 atom stereocenters. The van der Waals surface area contributed by atoms with Crippen LogP contribution >= 0.6 is 24.0 Å². The minimum atomic E-state index is -0.757. The third kappa shape index (κ3) is 5.42. The van der Waals surface area contributed by atoms with Crippen LogP contribution in [0, 0.1) is 0 Å². The molecule has 2 N–H and O–H groups in total. The molecule has 1 fully saturated rings. The molecule has 0 aromatic carbocycles. The van der Waals surface area contributed by atoms with Crippen LogP contribution in [0.2, 0.25) is 0 Å². The van der Waals surface area contributed by atoms with Crippen LogP contribution in [0.5, 0.6) is 0 Å². The molecule has 0 bridgehead atoms. The van der Waals surface area contributed by atoms with Crippen molar-refractivity contribution in [1.29, 1.82) is 0 Å². The number of aliphatic hydroxyl groups is 1. The minimum Gasteiger partial charge on any atom is -0.388 e. The van der Waals surface area contributed by atoms with Crippen LogP contribution in [0.4, 0.5) is 0 Å². The Morgan fingerprint density at radius 3 is 2.41 bits per heavy atom. The van der Waals surface area contributed by atoms with Gasteiger partial charge in [-0.15, -0.1) is 24.0 Å². The van der Waals surface area contributed by atoms with Crippen LogP contribution < -0.4 is 5.32 Å². The van der Waals surface area contributed by atoms with E-state index in [-0.39, 0.29) is 24.2 Å². The molecule has 1 rings (SSSR count). The van der Waals surface area contributed by atoms with E-state index in [1.807, 2.05) is 0 Å².